The molecule has 0 fully saturated rings. The summed E-state index contributed by atoms with van der Waals surface area (Å²) in [6.45, 7) is 3.60. The molecule has 2 aromatic rings. The zero-order chi connectivity index (χ0) is 13.9. The highest BCUT2D eigenvalue weighted by Gasteiger charge is 2.21. The Morgan fingerprint density at radius 2 is 1.90 bits per heavy atom. The van der Waals surface area contributed by atoms with Gasteiger partial charge in [0.15, 0.2) is 0 Å². The van der Waals surface area contributed by atoms with Gasteiger partial charge in [-0.25, -0.2) is 0 Å². The number of hydrogen-bond acceptors (Lipinski definition) is 2. The summed E-state index contributed by atoms with van der Waals surface area (Å²) >= 11 is 5.93. The van der Waals surface area contributed by atoms with Gasteiger partial charge in [-0.15, -0.1) is 0 Å². The normalized spacial score (nSPS) is 19.4. The summed E-state index contributed by atoms with van der Waals surface area (Å²) in [6.07, 6.45) is 0. The summed E-state index contributed by atoms with van der Waals surface area (Å²) < 4.78 is 5.68. The van der Waals surface area contributed by atoms with Gasteiger partial charge in [-0.2, -0.15) is 0 Å². The molecule has 1 heterocycles. The maximum absolute atomic E-state index is 5.93. The molecular weight excluding hydrogens is 270 g/mol. The average Bonchev–Trinajstić information content (AvgIpc) is 2.48. The topological polar surface area (TPSA) is 21.3 Å². The van der Waals surface area contributed by atoms with Gasteiger partial charge in [-0.05, 0) is 35.7 Å². The lowest BCUT2D eigenvalue weighted by atomic mass is 9.97. The fourth-order valence-electron chi connectivity index (χ4n) is 2.67. The Balaban J connectivity index is 1.77. The molecule has 3 heteroatoms. The minimum absolute atomic E-state index is 0.241. The molecule has 2 nitrogen and oxygen atoms in total. The third-order valence-corrected chi connectivity index (χ3v) is 4.05. The third-order valence-electron chi connectivity index (χ3n) is 3.79. The lowest BCUT2D eigenvalue weighted by molar-refractivity contribution is 0.0791. The van der Waals surface area contributed by atoms with Gasteiger partial charge in [0.05, 0.1) is 19.3 Å². The van der Waals surface area contributed by atoms with Crippen molar-refractivity contribution >= 4 is 11.6 Å². The van der Waals surface area contributed by atoms with Gasteiger partial charge in [0.1, 0.15) is 0 Å². The number of nitrogens with one attached hydrogen (secondary N) is 1. The molecule has 3 rings (SSSR count). The predicted molar refractivity (Wildman–Crippen MR) is 81.8 cm³/mol. The van der Waals surface area contributed by atoms with E-state index in [1.807, 2.05) is 12.1 Å². The lowest BCUT2D eigenvalue weighted by Gasteiger charge is -2.29. The van der Waals surface area contributed by atoms with Crippen LogP contribution in [-0.2, 0) is 11.3 Å². The largest absolute Gasteiger partial charge is 0.375 e. The molecule has 1 aliphatic rings. The van der Waals surface area contributed by atoms with E-state index in [4.69, 9.17) is 16.3 Å². The van der Waals surface area contributed by atoms with Gasteiger partial charge in [-0.3, -0.25) is 0 Å². The van der Waals surface area contributed by atoms with E-state index in [9.17, 15) is 0 Å². The summed E-state index contributed by atoms with van der Waals surface area (Å²) in [6, 6.07) is 17.0. The quantitative estimate of drug-likeness (QED) is 0.911. The van der Waals surface area contributed by atoms with E-state index in [-0.39, 0.29) is 12.1 Å². The minimum atomic E-state index is 0.241. The molecule has 0 radical (unpaired) electrons. The SMILES string of the molecule is CC(NC1COCc2ccccc21)c1ccc(Cl)cc1. The van der Waals surface area contributed by atoms with Crippen molar-refractivity contribution in [3.63, 3.8) is 0 Å². The van der Waals surface area contributed by atoms with Gasteiger partial charge in [0.2, 0.25) is 0 Å². The molecule has 2 atom stereocenters. The highest BCUT2D eigenvalue weighted by atomic mass is 35.5. The lowest BCUT2D eigenvalue weighted by Crippen LogP contribution is -2.31. The van der Waals surface area contributed by atoms with Crippen LogP contribution in [0.25, 0.3) is 0 Å². The number of hydrogen-bond donors (Lipinski definition) is 1. The van der Waals surface area contributed by atoms with E-state index in [0.29, 0.717) is 6.61 Å². The first-order valence-corrected chi connectivity index (χ1v) is 7.29. The first-order chi connectivity index (χ1) is 9.74. The predicted octanol–water partition coefficient (Wildman–Crippen LogP) is 4.26. The monoisotopic (exact) mass is 287 g/mol. The molecule has 0 aromatic heterocycles. The molecule has 0 saturated carbocycles. The summed E-state index contributed by atoms with van der Waals surface area (Å²) in [4.78, 5) is 0. The van der Waals surface area contributed by atoms with Crippen molar-refractivity contribution < 1.29 is 4.74 Å². The van der Waals surface area contributed by atoms with Gasteiger partial charge in [-0.1, -0.05) is 48.0 Å². The van der Waals surface area contributed by atoms with Gasteiger partial charge in [0.25, 0.3) is 0 Å². The Morgan fingerprint density at radius 1 is 1.15 bits per heavy atom. The van der Waals surface area contributed by atoms with Crippen LogP contribution >= 0.6 is 11.6 Å². The summed E-state index contributed by atoms with van der Waals surface area (Å²) in [5.74, 6) is 0. The van der Waals surface area contributed by atoms with Crippen LogP contribution in [0.5, 0.6) is 0 Å². The Morgan fingerprint density at radius 3 is 2.70 bits per heavy atom. The molecule has 0 amide bonds. The standard InChI is InChI=1S/C17H18ClNO/c1-12(13-6-8-15(18)9-7-13)19-17-11-20-10-14-4-2-3-5-16(14)17/h2-9,12,17,19H,10-11H2,1H3. The van der Waals surface area contributed by atoms with Crippen molar-refractivity contribution in [2.45, 2.75) is 25.6 Å². The Bertz CT molecular complexity index is 582. The summed E-state index contributed by atoms with van der Waals surface area (Å²) in [5.41, 5.74) is 3.86. The fraction of sp³-hybridized carbons (Fsp3) is 0.294. The van der Waals surface area contributed by atoms with Gasteiger partial charge in [0, 0.05) is 11.1 Å². The van der Waals surface area contributed by atoms with Crippen LogP contribution in [-0.4, -0.2) is 6.61 Å². The van der Waals surface area contributed by atoms with E-state index in [1.54, 1.807) is 0 Å². The minimum Gasteiger partial charge on any atom is -0.375 e. The van der Waals surface area contributed by atoms with Gasteiger partial charge < -0.3 is 10.1 Å². The molecule has 20 heavy (non-hydrogen) atoms. The van der Waals surface area contributed by atoms with Crippen molar-refractivity contribution in [2.75, 3.05) is 6.61 Å². The molecule has 1 aliphatic heterocycles. The first kappa shape index (κ1) is 13.6. The van der Waals surface area contributed by atoms with E-state index in [1.165, 1.54) is 16.7 Å². The highest BCUT2D eigenvalue weighted by molar-refractivity contribution is 6.30. The number of ether oxygens (including phenoxy) is 1. The molecule has 2 unspecified atom stereocenters. The Labute approximate surface area is 124 Å². The highest BCUT2D eigenvalue weighted by Crippen LogP contribution is 2.27. The van der Waals surface area contributed by atoms with Crippen LogP contribution in [0.1, 0.15) is 35.7 Å². The molecule has 0 saturated heterocycles. The van der Waals surface area contributed by atoms with E-state index >= 15 is 0 Å². The van der Waals surface area contributed by atoms with E-state index in [0.717, 1.165) is 11.6 Å². The fourth-order valence-corrected chi connectivity index (χ4v) is 2.80. The zero-order valence-electron chi connectivity index (χ0n) is 11.5. The van der Waals surface area contributed by atoms with Crippen LogP contribution in [0.3, 0.4) is 0 Å². The second-order valence-corrected chi connectivity index (χ2v) is 5.64. The van der Waals surface area contributed by atoms with Crippen molar-refractivity contribution in [1.29, 1.82) is 0 Å². The molecule has 104 valence electrons. The number of benzene rings is 2. The Hall–Kier alpha value is -1.35. The van der Waals surface area contributed by atoms with Crippen LogP contribution in [0.2, 0.25) is 5.02 Å². The molecule has 1 N–H and O–H groups in total. The van der Waals surface area contributed by atoms with Crippen LogP contribution in [0, 0.1) is 0 Å². The average molecular weight is 288 g/mol. The third kappa shape index (κ3) is 2.88. The number of fused-ring (bicyclic) bond motifs is 1. The van der Waals surface area contributed by atoms with E-state index in [2.05, 4.69) is 48.6 Å². The van der Waals surface area contributed by atoms with Crippen LogP contribution in [0.4, 0.5) is 0 Å². The van der Waals surface area contributed by atoms with Gasteiger partial charge >= 0.3 is 0 Å². The second kappa shape index (κ2) is 5.96. The van der Waals surface area contributed by atoms with Crippen molar-refractivity contribution in [3.8, 4) is 0 Å². The molecule has 0 bridgehead atoms. The van der Waals surface area contributed by atoms with E-state index < -0.39 is 0 Å². The number of rotatable bonds is 3. The molecule has 0 aliphatic carbocycles. The second-order valence-electron chi connectivity index (χ2n) is 5.21. The summed E-state index contributed by atoms with van der Waals surface area (Å²) in [5, 5.41) is 4.41. The summed E-state index contributed by atoms with van der Waals surface area (Å²) in [7, 11) is 0. The maximum atomic E-state index is 5.93. The zero-order valence-corrected chi connectivity index (χ0v) is 12.2. The first-order valence-electron chi connectivity index (χ1n) is 6.91. The number of halogens is 1. The van der Waals surface area contributed by atoms with Crippen LogP contribution < -0.4 is 5.32 Å². The van der Waals surface area contributed by atoms with Crippen molar-refractivity contribution in [2.24, 2.45) is 0 Å². The smallest absolute Gasteiger partial charge is 0.0721 e. The maximum Gasteiger partial charge on any atom is 0.0721 e. The van der Waals surface area contributed by atoms with Crippen molar-refractivity contribution in [3.05, 3.63) is 70.2 Å². The van der Waals surface area contributed by atoms with Crippen LogP contribution in [0.15, 0.2) is 48.5 Å². The van der Waals surface area contributed by atoms with Crippen molar-refractivity contribution in [1.82, 2.24) is 5.32 Å². The Kier molecular flexibility index (Phi) is 4.06. The molecular formula is C17H18ClNO. The molecule has 0 spiro atoms. The molecule has 2 aromatic carbocycles.